The van der Waals surface area contributed by atoms with E-state index >= 15 is 0 Å². The van der Waals surface area contributed by atoms with Crippen LogP contribution in [0.15, 0.2) is 0 Å². The maximum Gasteiger partial charge on any atom is 0.394 e. The van der Waals surface area contributed by atoms with Crippen molar-refractivity contribution in [3.05, 3.63) is 0 Å². The summed E-state index contributed by atoms with van der Waals surface area (Å²) in [7, 11) is 0. The van der Waals surface area contributed by atoms with Gasteiger partial charge in [-0.1, -0.05) is 11.9 Å². The largest absolute Gasteiger partial charge is 0.394 e. The van der Waals surface area contributed by atoms with E-state index in [1.54, 1.807) is 0 Å². The molecule has 0 spiro atoms. The number of terminal acetylenes is 1. The number of nitrogens with one attached hydrogen (secondary N) is 1. The van der Waals surface area contributed by atoms with Crippen LogP contribution in [0.25, 0.3) is 0 Å². The van der Waals surface area contributed by atoms with Crippen LogP contribution in [0.5, 0.6) is 0 Å². The van der Waals surface area contributed by atoms with E-state index in [9.17, 15) is 13.2 Å². The second kappa shape index (κ2) is 3.58. The van der Waals surface area contributed by atoms with Crippen LogP contribution in [0.1, 0.15) is 6.42 Å². The van der Waals surface area contributed by atoms with E-state index in [0.717, 1.165) is 11.9 Å². The van der Waals surface area contributed by atoms with E-state index < -0.39 is 18.1 Å². The Kier molecular flexibility index (Phi) is 2.91. The number of hydrogen-bond acceptors (Lipinski definition) is 2. The van der Waals surface area contributed by atoms with E-state index in [1.807, 2.05) is 0 Å². The monoisotopic (exact) mass is 195 g/mol. The molecule has 68 valence electrons. The Bertz CT molecular complexity index is 196. The molecule has 12 heavy (non-hydrogen) atoms. The summed E-state index contributed by atoms with van der Waals surface area (Å²) in [6, 6.07) is -0.611. The summed E-state index contributed by atoms with van der Waals surface area (Å²) in [6.45, 7) is 0. The Hall–Kier alpha value is -0.340. The van der Waals surface area contributed by atoms with Crippen molar-refractivity contribution in [1.29, 1.82) is 0 Å². The fourth-order valence-corrected chi connectivity index (χ4v) is 2.24. The molecule has 0 saturated carbocycles. The highest BCUT2D eigenvalue weighted by Crippen LogP contribution is 2.36. The van der Waals surface area contributed by atoms with Crippen molar-refractivity contribution in [2.24, 2.45) is 5.92 Å². The van der Waals surface area contributed by atoms with Gasteiger partial charge in [-0.2, -0.15) is 13.2 Å². The number of halogens is 3. The third-order valence-electron chi connectivity index (χ3n) is 1.74. The Morgan fingerprint density at radius 3 is 2.75 bits per heavy atom. The lowest BCUT2D eigenvalue weighted by atomic mass is 10.00. The molecule has 1 rings (SSSR count). The molecule has 0 amide bonds. The summed E-state index contributed by atoms with van der Waals surface area (Å²) in [6.07, 6.45) is 0.956. The summed E-state index contributed by atoms with van der Waals surface area (Å²) in [4.78, 5) is 0. The molecule has 5 heteroatoms. The van der Waals surface area contributed by atoms with Gasteiger partial charge in [0.1, 0.15) is 0 Å². The zero-order valence-electron chi connectivity index (χ0n) is 6.19. The van der Waals surface area contributed by atoms with Gasteiger partial charge in [0.15, 0.2) is 0 Å². The first-order valence-electron chi connectivity index (χ1n) is 3.43. The van der Waals surface area contributed by atoms with Gasteiger partial charge in [-0.25, -0.2) is 0 Å². The molecule has 0 aliphatic carbocycles. The van der Waals surface area contributed by atoms with Gasteiger partial charge < -0.3 is 0 Å². The maximum atomic E-state index is 12.2. The molecular formula is C7H8F3NS. The van der Waals surface area contributed by atoms with Gasteiger partial charge >= 0.3 is 6.18 Å². The zero-order valence-corrected chi connectivity index (χ0v) is 7.00. The van der Waals surface area contributed by atoms with Crippen LogP contribution in [0.4, 0.5) is 13.2 Å². The van der Waals surface area contributed by atoms with Crippen molar-refractivity contribution in [3.63, 3.8) is 0 Å². The van der Waals surface area contributed by atoms with Crippen molar-refractivity contribution in [3.8, 4) is 12.3 Å². The first-order chi connectivity index (χ1) is 5.55. The molecule has 0 aromatic rings. The second-order valence-corrected chi connectivity index (χ2v) is 3.45. The molecule has 0 bridgehead atoms. The summed E-state index contributed by atoms with van der Waals surface area (Å²) in [5.74, 6) is 1.01. The molecule has 1 aliphatic heterocycles. The summed E-state index contributed by atoms with van der Waals surface area (Å²) >= 11 is 1.09. The van der Waals surface area contributed by atoms with Crippen LogP contribution >= 0.6 is 11.9 Å². The highest BCUT2D eigenvalue weighted by atomic mass is 32.2. The van der Waals surface area contributed by atoms with Gasteiger partial charge in [0.25, 0.3) is 0 Å². The smallest absolute Gasteiger partial charge is 0.259 e. The van der Waals surface area contributed by atoms with Crippen LogP contribution < -0.4 is 4.72 Å². The number of rotatable bonds is 1. The molecular weight excluding hydrogens is 187 g/mol. The molecule has 1 saturated heterocycles. The van der Waals surface area contributed by atoms with Gasteiger partial charge in [0.05, 0.1) is 5.92 Å². The Labute approximate surface area is 73.2 Å². The van der Waals surface area contributed by atoms with E-state index in [2.05, 4.69) is 10.6 Å². The van der Waals surface area contributed by atoms with Gasteiger partial charge in [-0.3, -0.25) is 4.72 Å². The van der Waals surface area contributed by atoms with Gasteiger partial charge in [0, 0.05) is 18.2 Å². The van der Waals surface area contributed by atoms with Gasteiger partial charge in [-0.15, -0.1) is 12.3 Å². The molecule has 0 aromatic carbocycles. The normalized spacial score (nSPS) is 30.2. The number of hydrogen-bond donors (Lipinski definition) is 1. The van der Waals surface area contributed by atoms with Crippen LogP contribution in [0.3, 0.4) is 0 Å². The van der Waals surface area contributed by atoms with E-state index in [4.69, 9.17) is 6.42 Å². The second-order valence-electron chi connectivity index (χ2n) is 2.59. The average Bonchev–Trinajstić information content (AvgIpc) is 2.34. The van der Waals surface area contributed by atoms with E-state index in [0.29, 0.717) is 0 Å². The molecule has 1 heterocycles. The lowest BCUT2D eigenvalue weighted by Crippen LogP contribution is -2.35. The Balaban J connectivity index is 2.59. The minimum atomic E-state index is -4.13. The third-order valence-corrected chi connectivity index (χ3v) is 2.74. The minimum Gasteiger partial charge on any atom is -0.259 e. The molecule has 2 unspecified atom stereocenters. The molecule has 1 N–H and O–H groups in total. The fourth-order valence-electron chi connectivity index (χ4n) is 1.08. The molecule has 0 aromatic heterocycles. The summed E-state index contributed by atoms with van der Waals surface area (Å²) in [5, 5.41) is 0. The Morgan fingerprint density at radius 2 is 2.25 bits per heavy atom. The maximum absolute atomic E-state index is 12.2. The molecule has 2 atom stereocenters. The highest BCUT2D eigenvalue weighted by molar-refractivity contribution is 7.97. The number of alkyl halides is 3. The van der Waals surface area contributed by atoms with Crippen LogP contribution in [0.2, 0.25) is 0 Å². The first kappa shape index (κ1) is 9.75. The topological polar surface area (TPSA) is 12.0 Å². The SMILES string of the molecule is C#CCC1NSCC1C(F)(F)F. The standard InChI is InChI=1S/C7H8F3NS/c1-2-3-6-5(4-12-11-6)7(8,9)10/h1,5-6,11H,3-4H2. The Morgan fingerprint density at radius 1 is 1.58 bits per heavy atom. The van der Waals surface area contributed by atoms with Crippen molar-refractivity contribution in [2.75, 3.05) is 5.75 Å². The summed E-state index contributed by atoms with van der Waals surface area (Å²) in [5.41, 5.74) is 0. The first-order valence-corrected chi connectivity index (χ1v) is 4.41. The average molecular weight is 195 g/mol. The summed E-state index contributed by atoms with van der Waals surface area (Å²) < 4.78 is 39.3. The quantitative estimate of drug-likeness (QED) is 0.506. The fraction of sp³-hybridized carbons (Fsp3) is 0.714. The van der Waals surface area contributed by atoms with Crippen molar-refractivity contribution < 1.29 is 13.2 Å². The van der Waals surface area contributed by atoms with Crippen LogP contribution in [-0.2, 0) is 0 Å². The van der Waals surface area contributed by atoms with Crippen molar-refractivity contribution >= 4 is 11.9 Å². The van der Waals surface area contributed by atoms with Crippen LogP contribution in [0, 0.1) is 18.3 Å². The zero-order chi connectivity index (χ0) is 9.19. The van der Waals surface area contributed by atoms with E-state index in [1.165, 1.54) is 0 Å². The van der Waals surface area contributed by atoms with Crippen LogP contribution in [-0.4, -0.2) is 18.0 Å². The van der Waals surface area contributed by atoms with Gasteiger partial charge in [0.2, 0.25) is 0 Å². The third kappa shape index (κ3) is 2.08. The van der Waals surface area contributed by atoms with Gasteiger partial charge in [-0.05, 0) is 0 Å². The molecule has 1 nitrogen and oxygen atoms in total. The van der Waals surface area contributed by atoms with Crippen molar-refractivity contribution in [2.45, 2.75) is 18.6 Å². The predicted octanol–water partition coefficient (Wildman–Crippen LogP) is 1.81. The van der Waals surface area contributed by atoms with E-state index in [-0.39, 0.29) is 12.2 Å². The molecule has 1 fully saturated rings. The molecule has 1 aliphatic rings. The van der Waals surface area contributed by atoms with Crippen molar-refractivity contribution in [1.82, 2.24) is 4.72 Å². The minimum absolute atomic E-state index is 0.0653. The lowest BCUT2D eigenvalue weighted by molar-refractivity contribution is -0.171. The molecule has 0 radical (unpaired) electrons. The highest BCUT2D eigenvalue weighted by Gasteiger charge is 2.47. The predicted molar refractivity (Wildman–Crippen MR) is 42.4 cm³/mol. The lowest BCUT2D eigenvalue weighted by Gasteiger charge is -2.18.